The van der Waals surface area contributed by atoms with Crippen molar-refractivity contribution in [3.05, 3.63) is 101 Å². The minimum atomic E-state index is 0.676. The predicted octanol–water partition coefficient (Wildman–Crippen LogP) is 6.54. The van der Waals surface area contributed by atoms with Crippen LogP contribution in [0.2, 0.25) is 5.02 Å². The predicted molar refractivity (Wildman–Crippen MR) is 113 cm³/mol. The third kappa shape index (κ3) is 3.67. The zero-order valence-corrected chi connectivity index (χ0v) is 16.2. The number of nitrogens with zero attached hydrogens (tertiary/aromatic N) is 2. The van der Waals surface area contributed by atoms with Gasteiger partial charge in [0.1, 0.15) is 5.69 Å². The summed E-state index contributed by atoms with van der Waals surface area (Å²) in [6, 6.07) is 27.1. The molecule has 0 aliphatic heterocycles. The second-order valence-electron chi connectivity index (χ2n) is 6.89. The quantitative estimate of drug-likeness (QED) is 0.398. The van der Waals surface area contributed by atoms with Crippen molar-refractivity contribution < 1.29 is 0 Å². The molecular weight excluding hydrogens is 352 g/mol. The van der Waals surface area contributed by atoms with Crippen molar-refractivity contribution in [3.8, 4) is 22.5 Å². The molecule has 0 aliphatic carbocycles. The lowest BCUT2D eigenvalue weighted by Gasteiger charge is -2.08. The average Bonchev–Trinajstić information content (AvgIpc) is 3.00. The molecule has 0 spiro atoms. The van der Waals surface area contributed by atoms with Gasteiger partial charge < -0.3 is 0 Å². The lowest BCUT2D eigenvalue weighted by molar-refractivity contribution is 0.697. The molecule has 0 N–H and O–H groups in total. The molecule has 1 aromatic heterocycles. The van der Waals surface area contributed by atoms with Crippen LogP contribution in [0.3, 0.4) is 0 Å². The maximum Gasteiger partial charge on any atom is 0.112 e. The highest BCUT2D eigenvalue weighted by Gasteiger charge is 2.19. The van der Waals surface area contributed by atoms with Crippen LogP contribution in [0.25, 0.3) is 22.5 Å². The Hall–Kier alpha value is -2.84. The molecule has 0 amide bonds. The zero-order chi connectivity index (χ0) is 18.8. The standard InChI is InChI=1S/C24H21ClN2/c1-17-8-12-20(13-9-17)23-22(25)24(21-14-10-18(2)11-15-21)27(26-23)16-19-6-4-3-5-7-19/h3-15H,16H2,1-2H3. The van der Waals surface area contributed by atoms with Crippen LogP contribution < -0.4 is 0 Å². The van der Waals surface area contributed by atoms with Crippen LogP contribution >= 0.6 is 11.6 Å². The SMILES string of the molecule is Cc1ccc(-c2nn(Cc3ccccc3)c(-c3ccc(C)cc3)c2Cl)cc1. The molecule has 4 aromatic rings. The van der Waals surface area contributed by atoms with Crippen molar-refractivity contribution in [2.45, 2.75) is 20.4 Å². The third-order valence-electron chi connectivity index (χ3n) is 4.72. The first-order valence-electron chi connectivity index (χ1n) is 9.06. The van der Waals surface area contributed by atoms with E-state index in [4.69, 9.17) is 16.7 Å². The van der Waals surface area contributed by atoms with Crippen molar-refractivity contribution in [1.29, 1.82) is 0 Å². The molecule has 0 unspecified atom stereocenters. The van der Waals surface area contributed by atoms with Gasteiger partial charge in [0.25, 0.3) is 0 Å². The Bertz CT molecular complexity index is 1050. The highest BCUT2D eigenvalue weighted by molar-refractivity contribution is 6.35. The van der Waals surface area contributed by atoms with Crippen molar-refractivity contribution in [2.75, 3.05) is 0 Å². The first kappa shape index (κ1) is 17.6. The minimum Gasteiger partial charge on any atom is -0.258 e. The maximum absolute atomic E-state index is 6.86. The Balaban J connectivity index is 1.86. The van der Waals surface area contributed by atoms with Crippen molar-refractivity contribution >= 4 is 11.6 Å². The van der Waals surface area contributed by atoms with Gasteiger partial charge in [-0.1, -0.05) is 102 Å². The lowest BCUT2D eigenvalue weighted by Crippen LogP contribution is -2.04. The molecular formula is C24H21ClN2. The van der Waals surface area contributed by atoms with E-state index < -0.39 is 0 Å². The molecule has 0 saturated heterocycles. The Labute approximate surface area is 165 Å². The highest BCUT2D eigenvalue weighted by atomic mass is 35.5. The van der Waals surface area contributed by atoms with Crippen molar-refractivity contribution in [1.82, 2.24) is 9.78 Å². The summed E-state index contributed by atoms with van der Waals surface area (Å²) in [5.41, 5.74) is 7.53. The van der Waals surface area contributed by atoms with Crippen LogP contribution in [0, 0.1) is 13.8 Å². The fraction of sp³-hybridized carbons (Fsp3) is 0.125. The van der Waals surface area contributed by atoms with E-state index >= 15 is 0 Å². The van der Waals surface area contributed by atoms with Gasteiger partial charge >= 0.3 is 0 Å². The van der Waals surface area contributed by atoms with E-state index in [-0.39, 0.29) is 0 Å². The summed E-state index contributed by atoms with van der Waals surface area (Å²) in [5, 5.41) is 5.58. The van der Waals surface area contributed by atoms with Gasteiger partial charge in [-0.3, -0.25) is 4.68 Å². The number of aromatic nitrogens is 2. The van der Waals surface area contributed by atoms with Gasteiger partial charge in [-0.05, 0) is 19.4 Å². The van der Waals surface area contributed by atoms with E-state index in [2.05, 4.69) is 74.5 Å². The van der Waals surface area contributed by atoms with Crippen LogP contribution in [0.15, 0.2) is 78.9 Å². The van der Waals surface area contributed by atoms with E-state index in [0.29, 0.717) is 11.6 Å². The van der Waals surface area contributed by atoms with Crippen LogP contribution in [0.1, 0.15) is 16.7 Å². The maximum atomic E-state index is 6.86. The Morgan fingerprint density at radius 1 is 0.741 bits per heavy atom. The van der Waals surface area contributed by atoms with Crippen LogP contribution in [-0.4, -0.2) is 9.78 Å². The average molecular weight is 373 g/mol. The van der Waals surface area contributed by atoms with Gasteiger partial charge in [-0.2, -0.15) is 5.10 Å². The summed E-state index contributed by atoms with van der Waals surface area (Å²) in [7, 11) is 0. The molecule has 27 heavy (non-hydrogen) atoms. The summed E-state index contributed by atoms with van der Waals surface area (Å²) in [5.74, 6) is 0. The fourth-order valence-corrected chi connectivity index (χ4v) is 3.55. The van der Waals surface area contributed by atoms with Crippen LogP contribution in [0.5, 0.6) is 0 Å². The smallest absolute Gasteiger partial charge is 0.112 e. The second-order valence-corrected chi connectivity index (χ2v) is 7.26. The molecule has 134 valence electrons. The third-order valence-corrected chi connectivity index (χ3v) is 5.08. The first-order valence-corrected chi connectivity index (χ1v) is 9.44. The van der Waals surface area contributed by atoms with E-state index in [9.17, 15) is 0 Å². The normalized spacial score (nSPS) is 10.9. The summed E-state index contributed by atoms with van der Waals surface area (Å²) < 4.78 is 2.01. The molecule has 0 bridgehead atoms. The second kappa shape index (κ2) is 7.42. The van der Waals surface area contributed by atoms with Gasteiger partial charge in [0.2, 0.25) is 0 Å². The summed E-state index contributed by atoms with van der Waals surface area (Å²) in [6.45, 7) is 4.84. The van der Waals surface area contributed by atoms with Gasteiger partial charge in [0.15, 0.2) is 0 Å². The molecule has 0 atom stereocenters. The molecule has 0 radical (unpaired) electrons. The molecule has 4 rings (SSSR count). The van der Waals surface area contributed by atoms with Crippen molar-refractivity contribution in [2.24, 2.45) is 0 Å². The minimum absolute atomic E-state index is 0.676. The molecule has 3 aromatic carbocycles. The lowest BCUT2D eigenvalue weighted by atomic mass is 10.1. The Morgan fingerprint density at radius 3 is 1.89 bits per heavy atom. The topological polar surface area (TPSA) is 17.8 Å². The van der Waals surface area contributed by atoms with E-state index in [1.807, 2.05) is 22.9 Å². The van der Waals surface area contributed by atoms with Crippen molar-refractivity contribution in [3.63, 3.8) is 0 Å². The number of aryl methyl sites for hydroxylation is 2. The number of rotatable bonds is 4. The van der Waals surface area contributed by atoms with Gasteiger partial charge in [-0.15, -0.1) is 0 Å². The molecule has 2 nitrogen and oxygen atoms in total. The van der Waals surface area contributed by atoms with Crippen LogP contribution in [0.4, 0.5) is 0 Å². The van der Waals surface area contributed by atoms with E-state index in [0.717, 1.165) is 22.5 Å². The highest BCUT2D eigenvalue weighted by Crippen LogP contribution is 2.37. The molecule has 3 heteroatoms. The molecule has 1 heterocycles. The fourth-order valence-electron chi connectivity index (χ4n) is 3.19. The number of halogens is 1. The molecule has 0 aliphatic rings. The van der Waals surface area contributed by atoms with E-state index in [1.165, 1.54) is 16.7 Å². The molecule has 0 saturated carbocycles. The first-order chi connectivity index (χ1) is 13.1. The Kier molecular flexibility index (Phi) is 4.83. The zero-order valence-electron chi connectivity index (χ0n) is 15.5. The molecule has 0 fully saturated rings. The number of hydrogen-bond acceptors (Lipinski definition) is 1. The van der Waals surface area contributed by atoms with E-state index in [1.54, 1.807) is 0 Å². The van der Waals surface area contributed by atoms with Crippen LogP contribution in [-0.2, 0) is 6.54 Å². The summed E-state index contributed by atoms with van der Waals surface area (Å²) in [4.78, 5) is 0. The van der Waals surface area contributed by atoms with Gasteiger partial charge in [0, 0.05) is 11.1 Å². The Morgan fingerprint density at radius 2 is 1.30 bits per heavy atom. The van der Waals surface area contributed by atoms with Gasteiger partial charge in [0.05, 0.1) is 17.3 Å². The van der Waals surface area contributed by atoms with Gasteiger partial charge in [-0.25, -0.2) is 0 Å². The monoisotopic (exact) mass is 372 g/mol. The summed E-state index contributed by atoms with van der Waals surface area (Å²) >= 11 is 6.86. The number of benzene rings is 3. The largest absolute Gasteiger partial charge is 0.258 e. The summed E-state index contributed by atoms with van der Waals surface area (Å²) in [6.07, 6.45) is 0. The number of hydrogen-bond donors (Lipinski definition) is 0.